The van der Waals surface area contributed by atoms with Crippen molar-refractivity contribution in [3.05, 3.63) is 96.4 Å². The van der Waals surface area contributed by atoms with Crippen molar-refractivity contribution in [3.8, 4) is 11.8 Å². The maximum atomic E-state index is 9.81. The van der Waals surface area contributed by atoms with Crippen molar-refractivity contribution < 1.29 is 4.74 Å². The molecule has 5 heteroatoms. The highest BCUT2D eigenvalue weighted by atomic mass is 16.5. The molecule has 0 radical (unpaired) electrons. The highest BCUT2D eigenvalue weighted by molar-refractivity contribution is 5.98. The molecule has 0 spiro atoms. The van der Waals surface area contributed by atoms with Gasteiger partial charge in [-0.2, -0.15) is 5.26 Å². The third-order valence-electron chi connectivity index (χ3n) is 5.23. The van der Waals surface area contributed by atoms with Crippen LogP contribution in [0, 0.1) is 11.3 Å². The van der Waals surface area contributed by atoms with E-state index in [1.165, 1.54) is 0 Å². The van der Waals surface area contributed by atoms with Crippen molar-refractivity contribution in [3.63, 3.8) is 0 Å². The number of rotatable bonds is 6. The minimum atomic E-state index is 0.500. The summed E-state index contributed by atoms with van der Waals surface area (Å²) in [4.78, 5) is 7.82. The van der Waals surface area contributed by atoms with E-state index in [2.05, 4.69) is 38.9 Å². The fourth-order valence-electron chi connectivity index (χ4n) is 3.74. The van der Waals surface area contributed by atoms with E-state index in [-0.39, 0.29) is 0 Å². The number of benzene rings is 3. The number of nitrogens with one attached hydrogen (secondary N) is 1. The number of fused-ring (bicyclic) bond motifs is 2. The molecule has 0 fully saturated rings. The van der Waals surface area contributed by atoms with Gasteiger partial charge in [-0.1, -0.05) is 48.5 Å². The van der Waals surface area contributed by atoms with E-state index in [1.54, 1.807) is 0 Å². The third kappa shape index (κ3) is 3.79. The van der Waals surface area contributed by atoms with Gasteiger partial charge in [0.15, 0.2) is 0 Å². The quantitative estimate of drug-likeness (QED) is 0.371. The van der Waals surface area contributed by atoms with Crippen molar-refractivity contribution in [1.82, 2.24) is 14.5 Å². The number of hydrogen-bond donors (Lipinski definition) is 1. The molecule has 0 aliphatic heterocycles. The van der Waals surface area contributed by atoms with Gasteiger partial charge in [0.1, 0.15) is 24.3 Å². The minimum Gasteiger partial charge on any atom is -0.492 e. The predicted octanol–water partition coefficient (Wildman–Crippen LogP) is 5.66. The Morgan fingerprint density at radius 2 is 1.77 bits per heavy atom. The van der Waals surface area contributed by atoms with E-state index in [0.717, 1.165) is 33.2 Å². The molecule has 0 aliphatic carbocycles. The summed E-state index contributed by atoms with van der Waals surface area (Å²) in [6, 6.07) is 28.1. The van der Waals surface area contributed by atoms with E-state index in [1.807, 2.05) is 72.8 Å². The van der Waals surface area contributed by atoms with E-state index in [4.69, 9.17) is 4.74 Å². The first-order valence-electron chi connectivity index (χ1n) is 10.1. The van der Waals surface area contributed by atoms with Crippen LogP contribution in [0.15, 0.2) is 85.1 Å². The number of nitriles is 1. The van der Waals surface area contributed by atoms with Crippen LogP contribution < -0.4 is 4.74 Å². The van der Waals surface area contributed by atoms with Gasteiger partial charge in [-0.05, 0) is 36.4 Å². The molecule has 5 rings (SSSR count). The van der Waals surface area contributed by atoms with Crippen LogP contribution in [0.4, 0.5) is 0 Å². The molecule has 150 valence electrons. The maximum Gasteiger partial charge on any atom is 0.149 e. The molecule has 0 bridgehead atoms. The molecule has 5 aromatic rings. The van der Waals surface area contributed by atoms with Gasteiger partial charge in [0.2, 0.25) is 0 Å². The molecular formula is C26H20N4O. The zero-order valence-corrected chi connectivity index (χ0v) is 16.8. The fourth-order valence-corrected chi connectivity index (χ4v) is 3.74. The highest BCUT2D eigenvalue weighted by Gasteiger charge is 2.11. The first kappa shape index (κ1) is 18.7. The number of imidazole rings is 1. The molecular weight excluding hydrogens is 384 g/mol. The highest BCUT2D eigenvalue weighted by Crippen LogP contribution is 2.26. The summed E-state index contributed by atoms with van der Waals surface area (Å²) in [5, 5.41) is 10.9. The molecule has 0 saturated heterocycles. The minimum absolute atomic E-state index is 0.500. The number of nitrogens with zero attached hydrogens (tertiary/aromatic N) is 3. The summed E-state index contributed by atoms with van der Waals surface area (Å²) >= 11 is 0. The Balaban J connectivity index is 1.47. The molecule has 0 amide bonds. The van der Waals surface area contributed by atoms with Crippen molar-refractivity contribution in [1.29, 1.82) is 5.26 Å². The normalized spacial score (nSPS) is 11.6. The average Bonchev–Trinajstić information content (AvgIpc) is 3.40. The van der Waals surface area contributed by atoms with Crippen LogP contribution in [0.5, 0.6) is 5.75 Å². The molecule has 0 unspecified atom stereocenters. The lowest BCUT2D eigenvalue weighted by Gasteiger charge is -2.08. The van der Waals surface area contributed by atoms with Crippen LogP contribution in [0.3, 0.4) is 0 Å². The molecule has 2 heterocycles. The maximum absolute atomic E-state index is 9.81. The Morgan fingerprint density at radius 1 is 1.00 bits per heavy atom. The van der Waals surface area contributed by atoms with Crippen LogP contribution in [0.1, 0.15) is 11.4 Å². The molecule has 0 atom stereocenters. The van der Waals surface area contributed by atoms with Gasteiger partial charge in [-0.15, -0.1) is 0 Å². The van der Waals surface area contributed by atoms with Crippen molar-refractivity contribution in [2.45, 2.75) is 6.54 Å². The lowest BCUT2D eigenvalue weighted by molar-refractivity contribution is 0.300. The Kier molecular flexibility index (Phi) is 4.96. The Bertz CT molecular complexity index is 1390. The summed E-state index contributed by atoms with van der Waals surface area (Å²) in [5.74, 6) is 1.43. The summed E-state index contributed by atoms with van der Waals surface area (Å²) in [6.45, 7) is 1.26. The third-order valence-corrected chi connectivity index (χ3v) is 5.23. The lowest BCUT2D eigenvalue weighted by atomic mass is 10.1. The van der Waals surface area contributed by atoms with Gasteiger partial charge in [0.05, 0.1) is 23.2 Å². The van der Waals surface area contributed by atoms with Crippen LogP contribution in [-0.2, 0) is 6.54 Å². The van der Waals surface area contributed by atoms with E-state index < -0.39 is 0 Å². The number of H-pyrrole nitrogens is 1. The number of para-hydroxylation sites is 4. The summed E-state index contributed by atoms with van der Waals surface area (Å²) in [7, 11) is 0. The first-order chi connectivity index (χ1) is 15.3. The molecule has 0 saturated carbocycles. The Morgan fingerprint density at radius 3 is 2.61 bits per heavy atom. The predicted molar refractivity (Wildman–Crippen MR) is 123 cm³/mol. The second-order valence-corrected chi connectivity index (χ2v) is 7.23. The molecule has 2 aromatic heterocycles. The van der Waals surface area contributed by atoms with Gasteiger partial charge >= 0.3 is 0 Å². The van der Waals surface area contributed by atoms with Crippen molar-refractivity contribution in [2.24, 2.45) is 0 Å². The molecule has 5 nitrogen and oxygen atoms in total. The van der Waals surface area contributed by atoms with E-state index in [0.29, 0.717) is 24.5 Å². The van der Waals surface area contributed by atoms with E-state index in [9.17, 15) is 5.26 Å². The second-order valence-electron chi connectivity index (χ2n) is 7.23. The Labute approximate surface area is 179 Å². The van der Waals surface area contributed by atoms with Crippen molar-refractivity contribution >= 4 is 33.6 Å². The smallest absolute Gasteiger partial charge is 0.149 e. The summed E-state index contributed by atoms with van der Waals surface area (Å²) < 4.78 is 8.03. The second kappa shape index (κ2) is 8.21. The van der Waals surface area contributed by atoms with Gasteiger partial charge < -0.3 is 14.3 Å². The average molecular weight is 404 g/mol. The van der Waals surface area contributed by atoms with Crippen LogP contribution in [-0.4, -0.2) is 21.1 Å². The standard InChI is InChI=1S/C26H20N4O/c27-17-19(26-28-23-11-5-6-12-24(23)29-26)16-20-18-30(25-13-7-4-10-22(20)25)14-15-31-21-8-2-1-3-9-21/h1-13,16,18H,14-15H2,(H,28,29)/b19-16+. The van der Waals surface area contributed by atoms with Crippen LogP contribution in [0.25, 0.3) is 33.6 Å². The van der Waals surface area contributed by atoms with Gasteiger partial charge in [-0.25, -0.2) is 4.98 Å². The fraction of sp³-hybridized carbons (Fsp3) is 0.0769. The van der Waals surface area contributed by atoms with Crippen LogP contribution in [0.2, 0.25) is 0 Å². The van der Waals surface area contributed by atoms with Gasteiger partial charge in [0, 0.05) is 22.7 Å². The lowest BCUT2D eigenvalue weighted by Crippen LogP contribution is -2.07. The largest absolute Gasteiger partial charge is 0.492 e. The zero-order chi connectivity index (χ0) is 21.0. The molecule has 1 N–H and O–H groups in total. The van der Waals surface area contributed by atoms with Gasteiger partial charge in [-0.3, -0.25) is 0 Å². The zero-order valence-electron chi connectivity index (χ0n) is 16.8. The van der Waals surface area contributed by atoms with E-state index >= 15 is 0 Å². The van der Waals surface area contributed by atoms with Gasteiger partial charge in [0.25, 0.3) is 0 Å². The number of aromatic nitrogens is 3. The number of allylic oxidation sites excluding steroid dienone is 1. The summed E-state index contributed by atoms with van der Waals surface area (Å²) in [6.07, 6.45) is 3.97. The molecule has 31 heavy (non-hydrogen) atoms. The molecule has 3 aromatic carbocycles. The number of aromatic amines is 1. The monoisotopic (exact) mass is 404 g/mol. The van der Waals surface area contributed by atoms with Crippen molar-refractivity contribution in [2.75, 3.05) is 6.61 Å². The summed E-state index contributed by atoms with van der Waals surface area (Å²) in [5.41, 5.74) is 4.34. The molecule has 0 aliphatic rings. The van der Waals surface area contributed by atoms with Crippen LogP contribution >= 0.6 is 0 Å². The Hall–Kier alpha value is -4.30. The SMILES string of the molecule is N#C/C(=C\c1cn(CCOc2ccccc2)c2ccccc12)c1nc2ccccc2[nH]1. The topological polar surface area (TPSA) is 66.6 Å². The number of ether oxygens (including phenoxy) is 1. The first-order valence-corrected chi connectivity index (χ1v) is 10.1. The number of hydrogen-bond acceptors (Lipinski definition) is 3.